The van der Waals surface area contributed by atoms with E-state index in [-0.39, 0.29) is 24.7 Å². The van der Waals surface area contributed by atoms with Gasteiger partial charge in [-0.25, -0.2) is 4.79 Å². The number of amides is 2. The van der Waals surface area contributed by atoms with Crippen LogP contribution in [0, 0.1) is 0 Å². The molecular weight excluding hydrogens is 652 g/mol. The van der Waals surface area contributed by atoms with E-state index in [4.69, 9.17) is 14.5 Å². The zero-order valence-corrected chi connectivity index (χ0v) is 26.3. The van der Waals surface area contributed by atoms with Gasteiger partial charge in [-0.1, -0.05) is 56.1 Å². The Morgan fingerprint density at radius 2 is 1.59 bits per heavy atom. The van der Waals surface area contributed by atoms with E-state index in [9.17, 15) is 9.90 Å². The quantitative estimate of drug-likeness (QED) is 0.320. The van der Waals surface area contributed by atoms with Gasteiger partial charge in [0.1, 0.15) is 23.4 Å². The standard InChI is InChI=1S/C31H34Br2N4O4/c1-3-41-27-20-25(40-2)12-13-26(27)30-34-28(21-4-8-23(32)9-5-21)29(22-6-10-24(33)11-7-22)37(30)31(39)36-16-14-35(15-17-36)18-19-38/h4-13,20,28-29,38H,3,14-19H2,1-2H3/t28-,29-/m1/s1. The summed E-state index contributed by atoms with van der Waals surface area (Å²) in [5.41, 5.74) is 2.73. The second-order valence-electron chi connectivity index (χ2n) is 9.95. The first-order valence-corrected chi connectivity index (χ1v) is 15.3. The number of nitrogens with zero attached hydrogens (tertiary/aromatic N) is 4. The number of hydrogen-bond acceptors (Lipinski definition) is 6. The molecule has 1 fully saturated rings. The molecule has 0 aliphatic carbocycles. The van der Waals surface area contributed by atoms with Crippen LogP contribution in [-0.4, -0.2) is 84.7 Å². The highest BCUT2D eigenvalue weighted by Crippen LogP contribution is 2.45. The Bertz CT molecular complexity index is 1380. The van der Waals surface area contributed by atoms with Crippen molar-refractivity contribution in [2.24, 2.45) is 4.99 Å². The van der Waals surface area contributed by atoms with Gasteiger partial charge in [-0.05, 0) is 54.4 Å². The van der Waals surface area contributed by atoms with Crippen molar-refractivity contribution < 1.29 is 19.4 Å². The van der Waals surface area contributed by atoms with Gasteiger partial charge in [-0.2, -0.15) is 0 Å². The lowest BCUT2D eigenvalue weighted by Crippen LogP contribution is -2.54. The summed E-state index contributed by atoms with van der Waals surface area (Å²) in [6.45, 7) is 5.66. The van der Waals surface area contributed by atoms with Crippen LogP contribution in [0.1, 0.15) is 35.7 Å². The molecule has 2 aliphatic rings. The van der Waals surface area contributed by atoms with Crippen LogP contribution in [0.4, 0.5) is 4.79 Å². The third kappa shape index (κ3) is 6.45. The molecule has 5 rings (SSSR count). The molecule has 0 bridgehead atoms. The molecular formula is C31H34Br2N4O4. The highest BCUT2D eigenvalue weighted by Gasteiger charge is 2.45. The Morgan fingerprint density at radius 3 is 2.17 bits per heavy atom. The largest absolute Gasteiger partial charge is 0.497 e. The lowest BCUT2D eigenvalue weighted by Gasteiger charge is -2.39. The molecule has 0 spiro atoms. The molecule has 1 saturated heterocycles. The molecule has 3 aromatic carbocycles. The van der Waals surface area contributed by atoms with E-state index in [1.165, 1.54) is 0 Å². The number of benzene rings is 3. The minimum atomic E-state index is -0.376. The number of β-amino-alcohol motifs (C(OH)–C–C–N with tert-alkyl or cyclic N) is 1. The smallest absolute Gasteiger partial charge is 0.326 e. The summed E-state index contributed by atoms with van der Waals surface area (Å²) in [6.07, 6.45) is 0. The lowest BCUT2D eigenvalue weighted by atomic mass is 9.94. The molecule has 1 N–H and O–H groups in total. The van der Waals surface area contributed by atoms with Crippen molar-refractivity contribution >= 4 is 43.7 Å². The van der Waals surface area contributed by atoms with Gasteiger partial charge in [0.05, 0.1) is 31.9 Å². The summed E-state index contributed by atoms with van der Waals surface area (Å²) in [5, 5.41) is 9.40. The average molecular weight is 686 g/mol. The molecule has 41 heavy (non-hydrogen) atoms. The average Bonchev–Trinajstić information content (AvgIpc) is 3.38. The molecule has 0 unspecified atom stereocenters. The van der Waals surface area contributed by atoms with Gasteiger partial charge in [0, 0.05) is 47.7 Å². The molecule has 0 radical (unpaired) electrons. The lowest BCUT2D eigenvalue weighted by molar-refractivity contribution is 0.108. The molecule has 216 valence electrons. The van der Waals surface area contributed by atoms with Crippen LogP contribution in [-0.2, 0) is 0 Å². The summed E-state index contributed by atoms with van der Waals surface area (Å²) in [6, 6.07) is 21.1. The predicted octanol–water partition coefficient (Wildman–Crippen LogP) is 5.89. The third-order valence-electron chi connectivity index (χ3n) is 7.48. The monoisotopic (exact) mass is 684 g/mol. The van der Waals surface area contributed by atoms with Crippen molar-refractivity contribution in [1.82, 2.24) is 14.7 Å². The topological polar surface area (TPSA) is 77.8 Å². The number of urea groups is 1. The number of piperazine rings is 1. The van der Waals surface area contributed by atoms with Gasteiger partial charge in [0.15, 0.2) is 0 Å². The molecule has 0 saturated carbocycles. The summed E-state index contributed by atoms with van der Waals surface area (Å²) >= 11 is 7.12. The zero-order valence-electron chi connectivity index (χ0n) is 23.2. The van der Waals surface area contributed by atoms with Gasteiger partial charge in [0.2, 0.25) is 0 Å². The van der Waals surface area contributed by atoms with Crippen LogP contribution < -0.4 is 9.47 Å². The molecule has 3 aromatic rings. The highest BCUT2D eigenvalue weighted by molar-refractivity contribution is 9.10. The maximum atomic E-state index is 14.5. The number of methoxy groups -OCH3 is 1. The second kappa shape index (κ2) is 13.4. The number of carbonyl (C=O) groups is 1. The number of aliphatic hydroxyl groups excluding tert-OH is 1. The van der Waals surface area contributed by atoms with Gasteiger partial charge in [-0.3, -0.25) is 14.8 Å². The summed E-state index contributed by atoms with van der Waals surface area (Å²) in [5.74, 6) is 1.85. The van der Waals surface area contributed by atoms with E-state index in [1.54, 1.807) is 7.11 Å². The van der Waals surface area contributed by atoms with Crippen molar-refractivity contribution in [3.05, 3.63) is 92.4 Å². The third-order valence-corrected chi connectivity index (χ3v) is 8.54. The molecule has 8 nitrogen and oxygen atoms in total. The van der Waals surface area contributed by atoms with Crippen LogP contribution in [0.5, 0.6) is 11.5 Å². The fourth-order valence-corrected chi connectivity index (χ4v) is 5.93. The molecule has 2 aliphatic heterocycles. The van der Waals surface area contributed by atoms with Gasteiger partial charge in [0.25, 0.3) is 0 Å². The fourth-order valence-electron chi connectivity index (χ4n) is 5.40. The number of ether oxygens (including phenoxy) is 2. The van der Waals surface area contributed by atoms with Crippen LogP contribution >= 0.6 is 31.9 Å². The first kappa shape index (κ1) is 29.6. The highest BCUT2D eigenvalue weighted by atomic mass is 79.9. The number of hydrogen-bond donors (Lipinski definition) is 1. The number of rotatable bonds is 8. The predicted molar refractivity (Wildman–Crippen MR) is 167 cm³/mol. The van der Waals surface area contributed by atoms with E-state index in [0.717, 1.165) is 25.6 Å². The van der Waals surface area contributed by atoms with Crippen molar-refractivity contribution in [1.29, 1.82) is 0 Å². The summed E-state index contributed by atoms with van der Waals surface area (Å²) in [7, 11) is 1.62. The van der Waals surface area contributed by atoms with Crippen molar-refractivity contribution in [2.45, 2.75) is 19.0 Å². The Kier molecular flexibility index (Phi) is 9.64. The molecule has 2 atom stereocenters. The maximum Gasteiger partial charge on any atom is 0.326 e. The first-order valence-electron chi connectivity index (χ1n) is 13.7. The van der Waals surface area contributed by atoms with E-state index in [0.29, 0.717) is 56.7 Å². The second-order valence-corrected chi connectivity index (χ2v) is 11.8. The van der Waals surface area contributed by atoms with Gasteiger partial charge in [-0.15, -0.1) is 0 Å². The summed E-state index contributed by atoms with van der Waals surface area (Å²) in [4.78, 5) is 25.7. The Hall–Kier alpha value is -2.92. The Labute approximate surface area is 257 Å². The molecule has 0 aromatic heterocycles. The van der Waals surface area contributed by atoms with Crippen LogP contribution in [0.3, 0.4) is 0 Å². The van der Waals surface area contributed by atoms with Crippen molar-refractivity contribution in [3.8, 4) is 11.5 Å². The number of aliphatic imine (C=N–C) groups is 1. The summed E-state index contributed by atoms with van der Waals surface area (Å²) < 4.78 is 13.5. The zero-order chi connectivity index (χ0) is 28.9. The van der Waals surface area contributed by atoms with Crippen molar-refractivity contribution in [3.63, 3.8) is 0 Å². The van der Waals surface area contributed by atoms with Crippen LogP contribution in [0.15, 0.2) is 80.7 Å². The number of aliphatic hydroxyl groups is 1. The van der Waals surface area contributed by atoms with E-state index < -0.39 is 0 Å². The normalized spacial score (nSPS) is 19.3. The SMILES string of the molecule is CCOc1cc(OC)ccc1C1=N[C@H](c2ccc(Br)cc2)[C@@H](c2ccc(Br)cc2)N1C(=O)N1CCN(CCO)CC1. The number of carbonyl (C=O) groups excluding carboxylic acids is 1. The van der Waals surface area contributed by atoms with E-state index in [2.05, 4.69) is 61.0 Å². The fraction of sp³-hybridized carbons (Fsp3) is 0.355. The molecule has 2 heterocycles. The van der Waals surface area contributed by atoms with Crippen LogP contribution in [0.25, 0.3) is 0 Å². The minimum absolute atomic E-state index is 0.0989. The molecule has 2 amide bonds. The number of amidine groups is 1. The Balaban J connectivity index is 1.64. The van der Waals surface area contributed by atoms with Gasteiger partial charge < -0.3 is 19.5 Å². The minimum Gasteiger partial charge on any atom is -0.497 e. The number of halogens is 2. The van der Waals surface area contributed by atoms with Crippen molar-refractivity contribution in [2.75, 3.05) is 53.0 Å². The van der Waals surface area contributed by atoms with Gasteiger partial charge >= 0.3 is 6.03 Å². The Morgan fingerprint density at radius 1 is 0.951 bits per heavy atom. The van der Waals surface area contributed by atoms with E-state index >= 15 is 0 Å². The maximum absolute atomic E-state index is 14.5. The van der Waals surface area contributed by atoms with Crippen LogP contribution in [0.2, 0.25) is 0 Å². The first-order chi connectivity index (χ1) is 19.9. The molecule has 10 heteroatoms. The van der Waals surface area contributed by atoms with E-state index in [1.807, 2.05) is 59.2 Å².